The molecule has 2 atom stereocenters. The highest BCUT2D eigenvalue weighted by atomic mass is 35.5. The van der Waals surface area contributed by atoms with Gasteiger partial charge in [0, 0.05) is 15.6 Å². The number of ether oxygens (including phenoxy) is 2. The van der Waals surface area contributed by atoms with E-state index >= 15 is 0 Å². The molecule has 1 N–H and O–H groups in total. The van der Waals surface area contributed by atoms with Crippen molar-refractivity contribution in [2.24, 2.45) is 0 Å². The van der Waals surface area contributed by atoms with Gasteiger partial charge in [0.1, 0.15) is 6.10 Å². The first kappa shape index (κ1) is 15.6. The monoisotopic (exact) mass is 318 g/mol. The van der Waals surface area contributed by atoms with Crippen LogP contribution in [0.5, 0.6) is 0 Å². The number of carboxylic acid groups (broad SMARTS) is 1. The summed E-state index contributed by atoms with van der Waals surface area (Å²) >= 11 is 12.1. The predicted molar refractivity (Wildman–Crippen MR) is 76.1 cm³/mol. The second-order valence-corrected chi connectivity index (χ2v) is 6.06. The van der Waals surface area contributed by atoms with Gasteiger partial charge in [-0.1, -0.05) is 36.2 Å². The van der Waals surface area contributed by atoms with Crippen LogP contribution in [0, 0.1) is 0 Å². The second kappa shape index (κ2) is 5.19. The molecule has 1 aliphatic rings. The van der Waals surface area contributed by atoms with Crippen molar-refractivity contribution >= 4 is 29.2 Å². The minimum atomic E-state index is -1.46. The molecule has 1 fully saturated rings. The molecule has 1 heterocycles. The van der Waals surface area contributed by atoms with E-state index in [1.54, 1.807) is 39.0 Å². The van der Waals surface area contributed by atoms with Gasteiger partial charge in [0.2, 0.25) is 0 Å². The van der Waals surface area contributed by atoms with Crippen molar-refractivity contribution in [3.63, 3.8) is 0 Å². The maximum Gasteiger partial charge on any atom is 0.339 e. The maximum absolute atomic E-state index is 11.7. The number of carbonyl (C=O) groups is 1. The summed E-state index contributed by atoms with van der Waals surface area (Å²) < 4.78 is 11.5. The van der Waals surface area contributed by atoms with Gasteiger partial charge in [-0.3, -0.25) is 0 Å². The van der Waals surface area contributed by atoms with Crippen molar-refractivity contribution in [2.75, 3.05) is 0 Å². The number of hydrogen-bond donors (Lipinski definition) is 1. The molecule has 0 saturated carbocycles. The van der Waals surface area contributed by atoms with Crippen LogP contribution >= 0.6 is 23.2 Å². The Morgan fingerprint density at radius 2 is 2.05 bits per heavy atom. The standard InChI is InChI=1S/C14H16Cl2O4/c1-4-14(12(17)18)11(19-13(2,3)20-14)9-6-5-8(15)7-10(9)16/h5-7,11H,4H2,1-3H3,(H,17,18)/t11-,14+/m1/s1. The summed E-state index contributed by atoms with van der Waals surface area (Å²) in [4.78, 5) is 11.7. The molecule has 6 heteroatoms. The Hall–Kier alpha value is -0.810. The van der Waals surface area contributed by atoms with Crippen molar-refractivity contribution in [1.29, 1.82) is 0 Å². The smallest absolute Gasteiger partial charge is 0.339 e. The van der Waals surface area contributed by atoms with E-state index in [1.165, 1.54) is 0 Å². The van der Waals surface area contributed by atoms with Gasteiger partial charge in [-0.25, -0.2) is 4.79 Å². The van der Waals surface area contributed by atoms with E-state index in [1.807, 2.05) is 0 Å². The summed E-state index contributed by atoms with van der Waals surface area (Å²) in [6, 6.07) is 4.89. The third-order valence-electron chi connectivity index (χ3n) is 3.39. The first-order valence-electron chi connectivity index (χ1n) is 6.28. The lowest BCUT2D eigenvalue weighted by molar-refractivity contribution is -0.185. The van der Waals surface area contributed by atoms with Crippen molar-refractivity contribution in [1.82, 2.24) is 0 Å². The van der Waals surface area contributed by atoms with Gasteiger partial charge in [-0.2, -0.15) is 0 Å². The fraction of sp³-hybridized carbons (Fsp3) is 0.500. The highest BCUT2D eigenvalue weighted by molar-refractivity contribution is 6.35. The molecule has 0 amide bonds. The van der Waals surface area contributed by atoms with Gasteiger partial charge in [-0.05, 0) is 32.4 Å². The minimum Gasteiger partial charge on any atom is -0.479 e. The summed E-state index contributed by atoms with van der Waals surface area (Å²) in [7, 11) is 0. The van der Waals surface area contributed by atoms with E-state index in [4.69, 9.17) is 32.7 Å². The average Bonchev–Trinajstić information content (AvgIpc) is 2.62. The molecule has 1 aromatic carbocycles. The zero-order valence-electron chi connectivity index (χ0n) is 11.4. The molecule has 2 rings (SSSR count). The molecule has 1 aliphatic heterocycles. The fourth-order valence-electron chi connectivity index (χ4n) is 2.49. The minimum absolute atomic E-state index is 0.259. The van der Waals surface area contributed by atoms with Gasteiger partial charge in [-0.15, -0.1) is 0 Å². The third kappa shape index (κ3) is 2.53. The Bertz CT molecular complexity index is 544. The van der Waals surface area contributed by atoms with Crippen LogP contribution in [0.15, 0.2) is 18.2 Å². The van der Waals surface area contributed by atoms with Crippen LogP contribution in [-0.4, -0.2) is 22.5 Å². The summed E-state index contributed by atoms with van der Waals surface area (Å²) in [5.41, 5.74) is -0.896. The Kier molecular flexibility index (Phi) is 4.04. The number of rotatable bonds is 3. The van der Waals surface area contributed by atoms with Crippen LogP contribution in [-0.2, 0) is 14.3 Å². The molecule has 4 nitrogen and oxygen atoms in total. The quantitative estimate of drug-likeness (QED) is 0.913. The Morgan fingerprint density at radius 3 is 2.55 bits per heavy atom. The normalized spacial score (nSPS) is 28.6. The highest BCUT2D eigenvalue weighted by Gasteiger charge is 2.58. The van der Waals surface area contributed by atoms with Crippen LogP contribution in [0.3, 0.4) is 0 Å². The highest BCUT2D eigenvalue weighted by Crippen LogP contribution is 2.49. The predicted octanol–water partition coefficient (Wildman–Crippen LogP) is 4.05. The first-order chi connectivity index (χ1) is 9.22. The van der Waals surface area contributed by atoms with Crippen LogP contribution in [0.2, 0.25) is 10.0 Å². The maximum atomic E-state index is 11.7. The van der Waals surface area contributed by atoms with Crippen LogP contribution < -0.4 is 0 Å². The van der Waals surface area contributed by atoms with E-state index in [0.717, 1.165) is 0 Å². The van der Waals surface area contributed by atoms with E-state index in [2.05, 4.69) is 0 Å². The molecule has 0 unspecified atom stereocenters. The zero-order valence-corrected chi connectivity index (χ0v) is 13.0. The Balaban J connectivity index is 2.54. The molecular weight excluding hydrogens is 303 g/mol. The summed E-state index contributed by atoms with van der Waals surface area (Å²) in [6.45, 7) is 5.12. The summed E-state index contributed by atoms with van der Waals surface area (Å²) in [5.74, 6) is -2.07. The summed E-state index contributed by atoms with van der Waals surface area (Å²) in [5, 5.41) is 10.4. The Labute approximate surface area is 127 Å². The lowest BCUT2D eigenvalue weighted by Crippen LogP contribution is -2.43. The van der Waals surface area contributed by atoms with E-state index in [9.17, 15) is 9.90 Å². The molecular formula is C14H16Cl2O4. The van der Waals surface area contributed by atoms with Gasteiger partial charge < -0.3 is 14.6 Å². The summed E-state index contributed by atoms with van der Waals surface area (Å²) in [6.07, 6.45) is -0.528. The number of aliphatic carboxylic acids is 1. The zero-order chi connectivity index (χ0) is 15.1. The van der Waals surface area contributed by atoms with Crippen LogP contribution in [0.25, 0.3) is 0 Å². The molecule has 1 aromatic rings. The van der Waals surface area contributed by atoms with Crippen LogP contribution in [0.1, 0.15) is 38.9 Å². The first-order valence-corrected chi connectivity index (χ1v) is 7.04. The Morgan fingerprint density at radius 1 is 1.40 bits per heavy atom. The second-order valence-electron chi connectivity index (χ2n) is 5.21. The number of benzene rings is 1. The number of carboxylic acids is 1. The number of halogens is 2. The van der Waals surface area contributed by atoms with Gasteiger partial charge in [0.05, 0.1) is 0 Å². The molecule has 0 radical (unpaired) electrons. The van der Waals surface area contributed by atoms with E-state index in [0.29, 0.717) is 15.6 Å². The number of hydrogen-bond acceptors (Lipinski definition) is 3. The molecule has 20 heavy (non-hydrogen) atoms. The lowest BCUT2D eigenvalue weighted by Gasteiger charge is -2.28. The van der Waals surface area contributed by atoms with Gasteiger partial charge in [0.25, 0.3) is 0 Å². The van der Waals surface area contributed by atoms with Crippen molar-refractivity contribution < 1.29 is 19.4 Å². The largest absolute Gasteiger partial charge is 0.479 e. The molecule has 0 aromatic heterocycles. The lowest BCUT2D eigenvalue weighted by atomic mass is 9.89. The molecule has 1 saturated heterocycles. The van der Waals surface area contributed by atoms with E-state index < -0.39 is 23.5 Å². The SMILES string of the molecule is CC[C@]1(C(=O)O)OC(C)(C)O[C@@H]1c1ccc(Cl)cc1Cl. The molecule has 0 aliphatic carbocycles. The molecule has 0 bridgehead atoms. The van der Waals surface area contributed by atoms with Crippen molar-refractivity contribution in [3.8, 4) is 0 Å². The van der Waals surface area contributed by atoms with E-state index in [-0.39, 0.29) is 6.42 Å². The van der Waals surface area contributed by atoms with Crippen molar-refractivity contribution in [2.45, 2.75) is 44.7 Å². The van der Waals surface area contributed by atoms with Crippen molar-refractivity contribution in [3.05, 3.63) is 33.8 Å². The average molecular weight is 319 g/mol. The van der Waals surface area contributed by atoms with Gasteiger partial charge >= 0.3 is 5.97 Å². The third-order valence-corrected chi connectivity index (χ3v) is 3.95. The molecule has 110 valence electrons. The van der Waals surface area contributed by atoms with Crippen LogP contribution in [0.4, 0.5) is 0 Å². The topological polar surface area (TPSA) is 55.8 Å². The molecule has 0 spiro atoms. The van der Waals surface area contributed by atoms with Gasteiger partial charge in [0.15, 0.2) is 11.4 Å². The fourth-order valence-corrected chi connectivity index (χ4v) is 3.00.